The van der Waals surface area contributed by atoms with Crippen LogP contribution in [0, 0.1) is 30.6 Å². The van der Waals surface area contributed by atoms with E-state index in [2.05, 4.69) is 12.2 Å². The molecule has 0 aromatic heterocycles. The molecule has 1 fully saturated rings. The standard InChI is InChI=1S/C18H22O2S/c1-11(2)17(19)16-13-6-7-14(10-13)18(16)21(20)15-8-4-12(3)5-9-15/h4-9,11,13-14,16,18H,10H2,1-3H3/t13-,14+,16+,18-,21+/m1/s1. The summed E-state index contributed by atoms with van der Waals surface area (Å²) in [4.78, 5) is 13.4. The fourth-order valence-electron chi connectivity index (χ4n) is 3.66. The lowest BCUT2D eigenvalue weighted by Gasteiger charge is -2.27. The van der Waals surface area contributed by atoms with Gasteiger partial charge in [0.2, 0.25) is 0 Å². The molecular formula is C18H22O2S. The van der Waals surface area contributed by atoms with E-state index in [9.17, 15) is 9.00 Å². The van der Waals surface area contributed by atoms with Crippen molar-refractivity contribution in [3.8, 4) is 0 Å². The highest BCUT2D eigenvalue weighted by molar-refractivity contribution is 7.85. The summed E-state index contributed by atoms with van der Waals surface area (Å²) in [6.45, 7) is 5.92. The molecule has 2 aliphatic rings. The summed E-state index contributed by atoms with van der Waals surface area (Å²) in [5, 5.41) is -0.0439. The molecule has 2 aliphatic carbocycles. The highest BCUT2D eigenvalue weighted by Gasteiger charge is 2.51. The molecule has 1 aromatic rings. The van der Waals surface area contributed by atoms with Gasteiger partial charge in [-0.05, 0) is 37.3 Å². The van der Waals surface area contributed by atoms with Crippen molar-refractivity contribution in [3.63, 3.8) is 0 Å². The van der Waals surface area contributed by atoms with Crippen molar-refractivity contribution in [1.82, 2.24) is 0 Å². The maximum absolute atomic E-state index is 13.0. The van der Waals surface area contributed by atoms with Gasteiger partial charge in [0.1, 0.15) is 5.78 Å². The van der Waals surface area contributed by atoms with Crippen LogP contribution in [0.25, 0.3) is 0 Å². The Labute approximate surface area is 129 Å². The molecule has 2 nitrogen and oxygen atoms in total. The number of hydrogen-bond donors (Lipinski definition) is 0. The van der Waals surface area contributed by atoms with Gasteiger partial charge in [0, 0.05) is 16.7 Å². The third-order valence-electron chi connectivity index (χ3n) is 4.79. The molecule has 1 aromatic carbocycles. The lowest BCUT2D eigenvalue weighted by molar-refractivity contribution is -0.126. The minimum absolute atomic E-state index is 0.0141. The van der Waals surface area contributed by atoms with Gasteiger partial charge >= 0.3 is 0 Å². The molecule has 0 amide bonds. The first-order chi connectivity index (χ1) is 9.99. The van der Waals surface area contributed by atoms with Gasteiger partial charge in [0.05, 0.1) is 16.0 Å². The molecule has 3 heteroatoms. The predicted molar refractivity (Wildman–Crippen MR) is 85.4 cm³/mol. The number of rotatable bonds is 4. The maximum atomic E-state index is 13.0. The smallest absolute Gasteiger partial charge is 0.140 e. The zero-order chi connectivity index (χ0) is 15.1. The third-order valence-corrected chi connectivity index (χ3v) is 6.66. The van der Waals surface area contributed by atoms with Crippen molar-refractivity contribution in [1.29, 1.82) is 0 Å². The molecular weight excluding hydrogens is 280 g/mol. The number of carbonyl (C=O) groups excluding carboxylic acids is 1. The van der Waals surface area contributed by atoms with E-state index in [1.165, 1.54) is 5.56 Å². The van der Waals surface area contributed by atoms with E-state index in [-0.39, 0.29) is 22.9 Å². The Morgan fingerprint density at radius 1 is 1.14 bits per heavy atom. The molecule has 2 bridgehead atoms. The molecule has 0 unspecified atom stereocenters. The highest BCUT2D eigenvalue weighted by Crippen LogP contribution is 2.48. The SMILES string of the molecule is Cc1ccc([S@](=O)[C@H]2[C@H](C(=O)C(C)C)[C@@H]3C=C[C@H]2C3)cc1. The van der Waals surface area contributed by atoms with Gasteiger partial charge < -0.3 is 0 Å². The van der Waals surface area contributed by atoms with Gasteiger partial charge in [-0.1, -0.05) is 43.7 Å². The lowest BCUT2D eigenvalue weighted by Crippen LogP contribution is -2.37. The molecule has 112 valence electrons. The van der Waals surface area contributed by atoms with E-state index in [1.807, 2.05) is 45.0 Å². The van der Waals surface area contributed by atoms with E-state index < -0.39 is 10.8 Å². The monoisotopic (exact) mass is 302 g/mol. The van der Waals surface area contributed by atoms with Crippen LogP contribution in [-0.4, -0.2) is 15.2 Å². The first-order valence-corrected chi connectivity index (χ1v) is 8.89. The van der Waals surface area contributed by atoms with Crippen molar-refractivity contribution < 1.29 is 9.00 Å². The minimum atomic E-state index is -1.11. The fraction of sp³-hybridized carbons (Fsp3) is 0.500. The molecule has 21 heavy (non-hydrogen) atoms. The highest BCUT2D eigenvalue weighted by atomic mass is 32.2. The molecule has 1 saturated carbocycles. The number of fused-ring (bicyclic) bond motifs is 2. The number of aryl methyl sites for hydroxylation is 1. The van der Waals surface area contributed by atoms with Crippen molar-refractivity contribution in [3.05, 3.63) is 42.0 Å². The second-order valence-electron chi connectivity index (χ2n) is 6.61. The number of hydrogen-bond acceptors (Lipinski definition) is 2. The quantitative estimate of drug-likeness (QED) is 0.798. The first-order valence-electron chi connectivity index (χ1n) is 7.68. The maximum Gasteiger partial charge on any atom is 0.140 e. The van der Waals surface area contributed by atoms with Gasteiger partial charge in [0.15, 0.2) is 0 Å². The molecule has 0 aliphatic heterocycles. The summed E-state index contributed by atoms with van der Waals surface area (Å²) in [5.41, 5.74) is 1.17. The Bertz CT molecular complexity index is 600. The Balaban J connectivity index is 1.92. The number of carbonyl (C=O) groups is 1. The third kappa shape index (κ3) is 2.52. The summed E-state index contributed by atoms with van der Waals surface area (Å²) in [6, 6.07) is 7.88. The van der Waals surface area contributed by atoms with Crippen LogP contribution in [0.3, 0.4) is 0 Å². The van der Waals surface area contributed by atoms with Crippen LogP contribution in [0.4, 0.5) is 0 Å². The van der Waals surface area contributed by atoms with E-state index in [0.29, 0.717) is 11.8 Å². The van der Waals surface area contributed by atoms with Crippen LogP contribution >= 0.6 is 0 Å². The van der Waals surface area contributed by atoms with Gasteiger partial charge in [0.25, 0.3) is 0 Å². The normalized spacial score (nSPS) is 31.8. The molecule has 5 atom stereocenters. The van der Waals surface area contributed by atoms with Crippen LogP contribution in [0.2, 0.25) is 0 Å². The van der Waals surface area contributed by atoms with Crippen LogP contribution < -0.4 is 0 Å². The largest absolute Gasteiger partial charge is 0.299 e. The van der Waals surface area contributed by atoms with E-state index in [1.54, 1.807) is 0 Å². The number of ketones is 1. The van der Waals surface area contributed by atoms with Gasteiger partial charge in [-0.2, -0.15) is 0 Å². The number of Topliss-reactive ketones (excluding diaryl/α,β-unsaturated/α-hetero) is 1. The second-order valence-corrected chi connectivity index (χ2v) is 8.22. The Morgan fingerprint density at radius 3 is 2.38 bits per heavy atom. The topological polar surface area (TPSA) is 34.1 Å². The average molecular weight is 302 g/mol. The van der Waals surface area contributed by atoms with Crippen molar-refractivity contribution >= 4 is 16.6 Å². The minimum Gasteiger partial charge on any atom is -0.299 e. The molecule has 3 rings (SSSR count). The molecule has 0 N–H and O–H groups in total. The fourth-order valence-corrected chi connectivity index (χ4v) is 5.50. The zero-order valence-electron chi connectivity index (χ0n) is 12.8. The van der Waals surface area contributed by atoms with Crippen molar-refractivity contribution in [2.75, 3.05) is 0 Å². The van der Waals surface area contributed by atoms with E-state index >= 15 is 0 Å². The Kier molecular flexibility index (Phi) is 3.87. The van der Waals surface area contributed by atoms with Crippen LogP contribution in [0.15, 0.2) is 41.3 Å². The van der Waals surface area contributed by atoms with Gasteiger partial charge in [-0.15, -0.1) is 0 Å². The average Bonchev–Trinajstić information content (AvgIpc) is 3.07. The predicted octanol–water partition coefficient (Wildman–Crippen LogP) is 3.52. The molecule has 0 spiro atoms. The molecule has 0 saturated heterocycles. The summed E-state index contributed by atoms with van der Waals surface area (Å²) >= 11 is 0. The molecule has 0 radical (unpaired) electrons. The van der Waals surface area contributed by atoms with Crippen LogP contribution in [0.1, 0.15) is 25.8 Å². The first kappa shape index (κ1) is 14.7. The molecule has 0 heterocycles. The van der Waals surface area contributed by atoms with Crippen molar-refractivity contribution in [2.45, 2.75) is 37.3 Å². The zero-order valence-corrected chi connectivity index (χ0v) is 13.6. The summed E-state index contributed by atoms with van der Waals surface area (Å²) < 4.78 is 13.0. The summed E-state index contributed by atoms with van der Waals surface area (Å²) in [6.07, 6.45) is 5.33. The Hall–Kier alpha value is -1.22. The Morgan fingerprint density at radius 2 is 1.76 bits per heavy atom. The van der Waals surface area contributed by atoms with Crippen LogP contribution in [0.5, 0.6) is 0 Å². The van der Waals surface area contributed by atoms with Gasteiger partial charge in [-0.25, -0.2) is 0 Å². The van der Waals surface area contributed by atoms with Crippen molar-refractivity contribution in [2.24, 2.45) is 23.7 Å². The van der Waals surface area contributed by atoms with E-state index in [4.69, 9.17) is 0 Å². The van der Waals surface area contributed by atoms with Gasteiger partial charge in [-0.3, -0.25) is 9.00 Å². The second kappa shape index (κ2) is 5.53. The van der Waals surface area contributed by atoms with E-state index in [0.717, 1.165) is 11.3 Å². The number of allylic oxidation sites excluding steroid dienone is 2. The summed E-state index contributed by atoms with van der Waals surface area (Å²) in [5.74, 6) is 0.814. The summed E-state index contributed by atoms with van der Waals surface area (Å²) in [7, 11) is -1.11. The van der Waals surface area contributed by atoms with Crippen LogP contribution in [-0.2, 0) is 15.6 Å². The number of benzene rings is 1. The lowest BCUT2D eigenvalue weighted by atomic mass is 9.84.